The van der Waals surface area contributed by atoms with Crippen LogP contribution in [0.25, 0.3) is 0 Å². The number of halogens is 1. The Morgan fingerprint density at radius 1 is 1.32 bits per heavy atom. The van der Waals surface area contributed by atoms with Gasteiger partial charge in [0.1, 0.15) is 5.75 Å². The predicted molar refractivity (Wildman–Crippen MR) is 80.2 cm³/mol. The zero-order valence-corrected chi connectivity index (χ0v) is 13.4. The Bertz CT molecular complexity index is 460. The molecule has 0 saturated carbocycles. The Labute approximate surface area is 122 Å². The van der Waals surface area contributed by atoms with Crippen molar-refractivity contribution in [3.05, 3.63) is 33.4 Å². The van der Waals surface area contributed by atoms with E-state index in [9.17, 15) is 10.1 Å². The molecule has 0 aliphatic heterocycles. The van der Waals surface area contributed by atoms with Gasteiger partial charge in [0, 0.05) is 16.8 Å². The van der Waals surface area contributed by atoms with Crippen LogP contribution in [0.2, 0.25) is 0 Å². The van der Waals surface area contributed by atoms with Gasteiger partial charge < -0.3 is 4.74 Å². The van der Waals surface area contributed by atoms with Crippen molar-refractivity contribution in [3.63, 3.8) is 0 Å². The number of hydrogen-bond donors (Lipinski definition) is 0. The summed E-state index contributed by atoms with van der Waals surface area (Å²) in [5.74, 6) is 1.49. The summed E-state index contributed by atoms with van der Waals surface area (Å²) in [7, 11) is 0. The zero-order valence-electron chi connectivity index (χ0n) is 11.8. The average molecular weight is 330 g/mol. The first-order valence-electron chi connectivity index (χ1n) is 6.31. The van der Waals surface area contributed by atoms with Crippen molar-refractivity contribution in [2.24, 2.45) is 11.8 Å². The van der Waals surface area contributed by atoms with Crippen molar-refractivity contribution < 1.29 is 9.66 Å². The summed E-state index contributed by atoms with van der Waals surface area (Å²) in [6, 6.07) is 3.32. The highest BCUT2D eigenvalue weighted by atomic mass is 79.9. The highest BCUT2D eigenvalue weighted by molar-refractivity contribution is 9.09. The Morgan fingerprint density at radius 2 is 1.95 bits per heavy atom. The number of ether oxygens (including phenoxy) is 1. The maximum atomic E-state index is 10.9. The highest BCUT2D eigenvalue weighted by Gasteiger charge is 2.17. The number of benzene rings is 1. The lowest BCUT2D eigenvalue weighted by Crippen LogP contribution is -2.19. The van der Waals surface area contributed by atoms with E-state index in [0.717, 1.165) is 10.9 Å². The van der Waals surface area contributed by atoms with Crippen LogP contribution in [0.5, 0.6) is 5.75 Å². The van der Waals surface area contributed by atoms with E-state index in [1.165, 1.54) is 6.07 Å². The minimum Gasteiger partial charge on any atom is -0.493 e. The van der Waals surface area contributed by atoms with Crippen LogP contribution in [0, 0.1) is 35.8 Å². The molecule has 4 nitrogen and oxygen atoms in total. The molecule has 19 heavy (non-hydrogen) atoms. The number of nitro benzene ring substituents is 1. The predicted octanol–water partition coefficient (Wildman–Crippen LogP) is 4.26. The smallest absolute Gasteiger partial charge is 0.276 e. The third kappa shape index (κ3) is 4.20. The molecule has 0 heterocycles. The second-order valence-electron chi connectivity index (χ2n) is 5.13. The first kappa shape index (κ1) is 16.0. The van der Waals surface area contributed by atoms with Crippen LogP contribution in [0.1, 0.15) is 25.0 Å². The van der Waals surface area contributed by atoms with E-state index in [2.05, 4.69) is 29.8 Å². The maximum Gasteiger partial charge on any atom is 0.276 e. The van der Waals surface area contributed by atoms with Crippen molar-refractivity contribution in [3.8, 4) is 5.75 Å². The molecular weight excluding hydrogens is 310 g/mol. The van der Waals surface area contributed by atoms with Gasteiger partial charge in [0.15, 0.2) is 0 Å². The van der Waals surface area contributed by atoms with Gasteiger partial charge in [-0.2, -0.15) is 0 Å². The van der Waals surface area contributed by atoms with Crippen LogP contribution in [0.15, 0.2) is 12.1 Å². The number of aryl methyl sites for hydroxylation is 2. The summed E-state index contributed by atoms with van der Waals surface area (Å²) >= 11 is 3.47. The quantitative estimate of drug-likeness (QED) is 0.445. The number of hydrogen-bond acceptors (Lipinski definition) is 3. The molecule has 5 heteroatoms. The summed E-state index contributed by atoms with van der Waals surface area (Å²) in [5.41, 5.74) is 1.71. The molecule has 0 spiro atoms. The number of rotatable bonds is 6. The molecule has 0 saturated heterocycles. The maximum absolute atomic E-state index is 10.9. The number of nitro groups is 1. The Hall–Kier alpha value is -1.10. The molecule has 1 atom stereocenters. The summed E-state index contributed by atoms with van der Waals surface area (Å²) in [6.45, 7) is 8.48. The summed E-state index contributed by atoms with van der Waals surface area (Å²) < 4.78 is 5.76. The fraction of sp³-hybridized carbons (Fsp3) is 0.571. The minimum atomic E-state index is -0.369. The molecule has 1 aromatic carbocycles. The van der Waals surface area contributed by atoms with Gasteiger partial charge in [0.2, 0.25) is 0 Å². The Kier molecular flexibility index (Phi) is 5.79. The lowest BCUT2D eigenvalue weighted by atomic mass is 9.99. The van der Waals surface area contributed by atoms with Crippen LogP contribution in [-0.2, 0) is 0 Å². The molecule has 0 aromatic heterocycles. The first-order chi connectivity index (χ1) is 8.86. The number of alkyl halides is 1. The van der Waals surface area contributed by atoms with Crippen molar-refractivity contribution in [2.45, 2.75) is 27.7 Å². The minimum absolute atomic E-state index is 0.112. The van der Waals surface area contributed by atoms with E-state index >= 15 is 0 Å². The summed E-state index contributed by atoms with van der Waals surface area (Å²) in [5, 5.41) is 11.8. The van der Waals surface area contributed by atoms with E-state index in [1.807, 2.05) is 6.92 Å². The fourth-order valence-corrected chi connectivity index (χ4v) is 2.72. The van der Waals surface area contributed by atoms with E-state index in [-0.39, 0.29) is 10.6 Å². The summed E-state index contributed by atoms with van der Waals surface area (Å²) in [6.07, 6.45) is 0. The largest absolute Gasteiger partial charge is 0.493 e. The van der Waals surface area contributed by atoms with Crippen LogP contribution < -0.4 is 4.74 Å². The fourth-order valence-electron chi connectivity index (χ4n) is 1.79. The molecule has 0 amide bonds. The molecule has 0 fully saturated rings. The van der Waals surface area contributed by atoms with Gasteiger partial charge in [-0.3, -0.25) is 10.1 Å². The van der Waals surface area contributed by atoms with Gasteiger partial charge in [-0.15, -0.1) is 0 Å². The molecule has 0 N–H and O–H groups in total. The molecule has 1 aromatic rings. The van der Waals surface area contributed by atoms with Crippen molar-refractivity contribution in [1.29, 1.82) is 0 Å². The lowest BCUT2D eigenvalue weighted by Gasteiger charge is -2.19. The van der Waals surface area contributed by atoms with Gasteiger partial charge in [-0.25, -0.2) is 0 Å². The number of nitrogens with zero attached hydrogens (tertiary/aromatic N) is 1. The lowest BCUT2D eigenvalue weighted by molar-refractivity contribution is -0.385. The van der Waals surface area contributed by atoms with Gasteiger partial charge in [-0.05, 0) is 31.4 Å². The molecule has 1 rings (SSSR count). The standard InChI is InChI=1S/C14H20BrNO3/c1-9(2)12(7-15)8-19-14-6-13(16(17)18)10(3)5-11(14)4/h5-6,9,12H,7-8H2,1-4H3. The van der Waals surface area contributed by atoms with Gasteiger partial charge in [0.05, 0.1) is 17.6 Å². The average Bonchev–Trinajstić information content (AvgIpc) is 2.31. The topological polar surface area (TPSA) is 52.4 Å². The van der Waals surface area contributed by atoms with Crippen LogP contribution in [0.3, 0.4) is 0 Å². The van der Waals surface area contributed by atoms with Crippen molar-refractivity contribution in [1.82, 2.24) is 0 Å². The van der Waals surface area contributed by atoms with Gasteiger partial charge >= 0.3 is 0 Å². The van der Waals surface area contributed by atoms with E-state index in [0.29, 0.717) is 29.8 Å². The molecular formula is C14H20BrNO3. The second-order valence-corrected chi connectivity index (χ2v) is 5.78. The monoisotopic (exact) mass is 329 g/mol. The van der Waals surface area contributed by atoms with Crippen molar-refractivity contribution in [2.75, 3.05) is 11.9 Å². The van der Waals surface area contributed by atoms with Crippen molar-refractivity contribution >= 4 is 21.6 Å². The Morgan fingerprint density at radius 3 is 2.42 bits per heavy atom. The van der Waals surface area contributed by atoms with E-state index < -0.39 is 0 Å². The van der Waals surface area contributed by atoms with Crippen LogP contribution in [0.4, 0.5) is 5.69 Å². The third-order valence-electron chi connectivity index (χ3n) is 3.28. The SMILES string of the molecule is Cc1cc(C)c([N+](=O)[O-])cc1OCC(CBr)C(C)C. The van der Waals surface area contributed by atoms with E-state index in [1.54, 1.807) is 13.0 Å². The molecule has 0 bridgehead atoms. The second kappa shape index (κ2) is 6.89. The normalized spacial score (nSPS) is 12.5. The third-order valence-corrected chi connectivity index (χ3v) is 4.12. The van der Waals surface area contributed by atoms with Gasteiger partial charge in [0.25, 0.3) is 5.69 Å². The molecule has 0 aliphatic rings. The van der Waals surface area contributed by atoms with Crippen LogP contribution >= 0.6 is 15.9 Å². The Balaban J connectivity index is 2.89. The van der Waals surface area contributed by atoms with E-state index in [4.69, 9.17) is 4.74 Å². The summed E-state index contributed by atoms with van der Waals surface area (Å²) in [4.78, 5) is 10.6. The molecule has 1 unspecified atom stereocenters. The molecule has 0 aliphatic carbocycles. The highest BCUT2D eigenvalue weighted by Crippen LogP contribution is 2.29. The first-order valence-corrected chi connectivity index (χ1v) is 7.43. The van der Waals surface area contributed by atoms with Gasteiger partial charge in [-0.1, -0.05) is 29.8 Å². The van der Waals surface area contributed by atoms with Crippen LogP contribution in [-0.4, -0.2) is 16.9 Å². The molecule has 106 valence electrons. The zero-order chi connectivity index (χ0) is 14.6. The molecule has 0 radical (unpaired) electrons.